The SMILES string of the molecule is CN1CCCN(C(CN)c2ccc(Br)cc2Cl)CC1. The van der Waals surface area contributed by atoms with Gasteiger partial charge in [-0.3, -0.25) is 4.90 Å². The fraction of sp³-hybridized carbons (Fsp3) is 0.571. The first kappa shape index (κ1) is 15.3. The predicted molar refractivity (Wildman–Crippen MR) is 84.6 cm³/mol. The van der Waals surface area contributed by atoms with E-state index in [0.717, 1.165) is 41.2 Å². The van der Waals surface area contributed by atoms with Crippen molar-refractivity contribution in [1.82, 2.24) is 9.80 Å². The Morgan fingerprint density at radius 3 is 2.79 bits per heavy atom. The molecular formula is C14H21BrClN3. The number of rotatable bonds is 3. The van der Waals surface area contributed by atoms with Gasteiger partial charge in [-0.05, 0) is 37.7 Å². The van der Waals surface area contributed by atoms with Gasteiger partial charge in [0.1, 0.15) is 0 Å². The summed E-state index contributed by atoms with van der Waals surface area (Å²) in [6.45, 7) is 4.97. The first-order valence-corrected chi connectivity index (χ1v) is 7.86. The minimum atomic E-state index is 0.215. The molecule has 1 aromatic rings. The van der Waals surface area contributed by atoms with Crippen LogP contribution in [0.4, 0.5) is 0 Å². The summed E-state index contributed by atoms with van der Waals surface area (Å²) < 4.78 is 1.01. The molecule has 0 amide bonds. The topological polar surface area (TPSA) is 32.5 Å². The van der Waals surface area contributed by atoms with Crippen molar-refractivity contribution in [2.45, 2.75) is 12.5 Å². The average Bonchev–Trinajstić information content (AvgIpc) is 2.58. The molecular weight excluding hydrogens is 326 g/mol. The van der Waals surface area contributed by atoms with E-state index in [1.54, 1.807) is 0 Å². The lowest BCUT2D eigenvalue weighted by Gasteiger charge is -2.30. The van der Waals surface area contributed by atoms with Crippen LogP contribution >= 0.6 is 27.5 Å². The van der Waals surface area contributed by atoms with Crippen molar-refractivity contribution in [3.05, 3.63) is 33.3 Å². The van der Waals surface area contributed by atoms with Gasteiger partial charge in [-0.25, -0.2) is 0 Å². The first-order chi connectivity index (χ1) is 9.11. The van der Waals surface area contributed by atoms with Crippen molar-refractivity contribution >= 4 is 27.5 Å². The number of hydrogen-bond donors (Lipinski definition) is 1. The maximum atomic E-state index is 6.37. The lowest BCUT2D eigenvalue weighted by molar-refractivity contribution is 0.208. The van der Waals surface area contributed by atoms with Crippen molar-refractivity contribution in [2.24, 2.45) is 5.73 Å². The Balaban J connectivity index is 2.18. The number of benzene rings is 1. The van der Waals surface area contributed by atoms with Crippen molar-refractivity contribution in [2.75, 3.05) is 39.8 Å². The molecule has 1 unspecified atom stereocenters. The Morgan fingerprint density at radius 1 is 1.32 bits per heavy atom. The van der Waals surface area contributed by atoms with E-state index in [1.165, 1.54) is 6.42 Å². The average molecular weight is 347 g/mol. The summed E-state index contributed by atoms with van der Waals surface area (Å²) in [4.78, 5) is 4.83. The van der Waals surface area contributed by atoms with Crippen LogP contribution in [0.2, 0.25) is 5.02 Å². The summed E-state index contributed by atoms with van der Waals surface area (Å²) in [6.07, 6.45) is 1.18. The smallest absolute Gasteiger partial charge is 0.0485 e. The lowest BCUT2D eigenvalue weighted by Crippen LogP contribution is -2.36. The van der Waals surface area contributed by atoms with Gasteiger partial charge in [-0.1, -0.05) is 33.6 Å². The zero-order valence-electron chi connectivity index (χ0n) is 11.3. The molecule has 1 atom stereocenters. The fourth-order valence-electron chi connectivity index (χ4n) is 2.62. The molecule has 106 valence electrons. The summed E-state index contributed by atoms with van der Waals surface area (Å²) in [7, 11) is 2.17. The maximum Gasteiger partial charge on any atom is 0.0485 e. The van der Waals surface area contributed by atoms with E-state index in [-0.39, 0.29) is 6.04 Å². The number of nitrogens with two attached hydrogens (primary N) is 1. The first-order valence-electron chi connectivity index (χ1n) is 6.69. The molecule has 0 bridgehead atoms. The highest BCUT2D eigenvalue weighted by molar-refractivity contribution is 9.10. The minimum absolute atomic E-state index is 0.215. The van der Waals surface area contributed by atoms with E-state index in [0.29, 0.717) is 6.54 Å². The summed E-state index contributed by atoms with van der Waals surface area (Å²) in [5.74, 6) is 0. The second-order valence-electron chi connectivity index (χ2n) is 5.11. The Hall–Kier alpha value is -0.130. The molecule has 0 aromatic heterocycles. The molecule has 5 heteroatoms. The van der Waals surface area contributed by atoms with Crippen LogP contribution in [0.3, 0.4) is 0 Å². The van der Waals surface area contributed by atoms with E-state index in [1.807, 2.05) is 12.1 Å². The van der Waals surface area contributed by atoms with Crippen LogP contribution in [0.25, 0.3) is 0 Å². The Kier molecular flexibility index (Phi) is 5.66. The quantitative estimate of drug-likeness (QED) is 0.913. The molecule has 0 spiro atoms. The normalized spacial score (nSPS) is 20.2. The molecule has 1 aliphatic heterocycles. The zero-order valence-corrected chi connectivity index (χ0v) is 13.6. The summed E-state index contributed by atoms with van der Waals surface area (Å²) >= 11 is 9.82. The zero-order chi connectivity index (χ0) is 13.8. The molecule has 1 saturated heterocycles. The van der Waals surface area contributed by atoms with Crippen LogP contribution in [-0.4, -0.2) is 49.6 Å². The largest absolute Gasteiger partial charge is 0.329 e. The molecule has 19 heavy (non-hydrogen) atoms. The highest BCUT2D eigenvalue weighted by Crippen LogP contribution is 2.30. The molecule has 1 aromatic carbocycles. The lowest BCUT2D eigenvalue weighted by atomic mass is 10.0. The van der Waals surface area contributed by atoms with Crippen LogP contribution in [0.15, 0.2) is 22.7 Å². The molecule has 1 aliphatic rings. The molecule has 2 N–H and O–H groups in total. The molecule has 2 rings (SSSR count). The standard InChI is InChI=1S/C14H21BrClN3/c1-18-5-2-6-19(8-7-18)14(10-17)12-4-3-11(15)9-13(12)16/h3-4,9,14H,2,5-8,10,17H2,1H3. The molecule has 3 nitrogen and oxygen atoms in total. The Morgan fingerprint density at radius 2 is 2.11 bits per heavy atom. The van der Waals surface area contributed by atoms with E-state index in [2.05, 4.69) is 38.8 Å². The summed E-state index contributed by atoms with van der Waals surface area (Å²) in [5, 5.41) is 0.794. The molecule has 1 fully saturated rings. The van der Waals surface area contributed by atoms with Crippen molar-refractivity contribution in [3.8, 4) is 0 Å². The van der Waals surface area contributed by atoms with Crippen LogP contribution in [0.1, 0.15) is 18.0 Å². The molecule has 1 heterocycles. The van der Waals surface area contributed by atoms with Gasteiger partial charge in [-0.2, -0.15) is 0 Å². The van der Waals surface area contributed by atoms with Crippen LogP contribution in [0, 0.1) is 0 Å². The van der Waals surface area contributed by atoms with Gasteiger partial charge in [0.25, 0.3) is 0 Å². The number of likely N-dealkylation sites (N-methyl/N-ethyl adjacent to an activating group) is 1. The second kappa shape index (κ2) is 7.04. The third-order valence-corrected chi connectivity index (χ3v) is 4.56. The molecule has 0 saturated carbocycles. The van der Waals surface area contributed by atoms with Crippen LogP contribution in [0.5, 0.6) is 0 Å². The van der Waals surface area contributed by atoms with Gasteiger partial charge in [-0.15, -0.1) is 0 Å². The summed E-state index contributed by atoms with van der Waals surface area (Å²) in [5.41, 5.74) is 7.14. The maximum absolute atomic E-state index is 6.37. The van der Waals surface area contributed by atoms with Crippen LogP contribution < -0.4 is 5.73 Å². The van der Waals surface area contributed by atoms with E-state index >= 15 is 0 Å². The van der Waals surface area contributed by atoms with Gasteiger partial charge < -0.3 is 10.6 Å². The Bertz CT molecular complexity index is 427. The number of nitrogens with zero attached hydrogens (tertiary/aromatic N) is 2. The van der Waals surface area contributed by atoms with Crippen molar-refractivity contribution in [1.29, 1.82) is 0 Å². The van der Waals surface area contributed by atoms with Gasteiger partial charge >= 0.3 is 0 Å². The van der Waals surface area contributed by atoms with Gasteiger partial charge in [0.2, 0.25) is 0 Å². The van der Waals surface area contributed by atoms with E-state index in [4.69, 9.17) is 17.3 Å². The summed E-state index contributed by atoms with van der Waals surface area (Å²) in [6, 6.07) is 6.28. The van der Waals surface area contributed by atoms with Crippen molar-refractivity contribution in [3.63, 3.8) is 0 Å². The van der Waals surface area contributed by atoms with Crippen LogP contribution in [-0.2, 0) is 0 Å². The predicted octanol–water partition coefficient (Wildman–Crippen LogP) is 2.74. The fourth-order valence-corrected chi connectivity index (χ4v) is 3.42. The van der Waals surface area contributed by atoms with E-state index < -0.39 is 0 Å². The molecule has 0 aliphatic carbocycles. The second-order valence-corrected chi connectivity index (χ2v) is 6.43. The van der Waals surface area contributed by atoms with Gasteiger partial charge in [0, 0.05) is 41.7 Å². The Labute approximate surface area is 128 Å². The monoisotopic (exact) mass is 345 g/mol. The third kappa shape index (κ3) is 3.92. The van der Waals surface area contributed by atoms with Crippen molar-refractivity contribution < 1.29 is 0 Å². The number of hydrogen-bond acceptors (Lipinski definition) is 3. The molecule has 0 radical (unpaired) electrons. The highest BCUT2D eigenvalue weighted by Gasteiger charge is 2.23. The van der Waals surface area contributed by atoms with Gasteiger partial charge in [0.05, 0.1) is 0 Å². The van der Waals surface area contributed by atoms with E-state index in [9.17, 15) is 0 Å². The minimum Gasteiger partial charge on any atom is -0.329 e. The third-order valence-electron chi connectivity index (χ3n) is 3.74. The number of halogens is 2. The highest BCUT2D eigenvalue weighted by atomic mass is 79.9. The van der Waals surface area contributed by atoms with Gasteiger partial charge in [0.15, 0.2) is 0 Å².